The Morgan fingerprint density at radius 1 is 1.30 bits per heavy atom. The van der Waals surface area contributed by atoms with Gasteiger partial charge in [-0.1, -0.05) is 39.3 Å². The van der Waals surface area contributed by atoms with Gasteiger partial charge in [-0.15, -0.1) is 0 Å². The Labute approximate surface area is 125 Å². The van der Waals surface area contributed by atoms with Crippen LogP contribution in [0, 0.1) is 5.92 Å². The third kappa shape index (κ3) is 3.03. The number of halogens is 1. The highest BCUT2D eigenvalue weighted by Crippen LogP contribution is 2.24. The first kappa shape index (κ1) is 15.0. The van der Waals surface area contributed by atoms with E-state index in [0.717, 1.165) is 25.2 Å². The van der Waals surface area contributed by atoms with Gasteiger partial charge in [0.05, 0.1) is 0 Å². The van der Waals surface area contributed by atoms with Gasteiger partial charge in [-0.05, 0) is 18.8 Å². The van der Waals surface area contributed by atoms with Crippen LogP contribution in [0.4, 0.5) is 5.82 Å². The second kappa shape index (κ2) is 6.39. The Bertz CT molecular complexity index is 562. The summed E-state index contributed by atoms with van der Waals surface area (Å²) in [6.45, 7) is 9.82. The minimum absolute atomic E-state index is 0.459. The lowest BCUT2D eigenvalue weighted by atomic mass is 10.1. The van der Waals surface area contributed by atoms with E-state index in [2.05, 4.69) is 47.7 Å². The van der Waals surface area contributed by atoms with Crippen molar-refractivity contribution in [2.75, 3.05) is 11.4 Å². The van der Waals surface area contributed by atoms with Crippen LogP contribution in [-0.2, 0) is 0 Å². The molecule has 2 heterocycles. The average molecular weight is 296 g/mol. The summed E-state index contributed by atoms with van der Waals surface area (Å²) in [4.78, 5) is 10.7. The zero-order valence-corrected chi connectivity index (χ0v) is 13.3. The Kier molecular flexibility index (Phi) is 4.81. The van der Waals surface area contributed by atoms with Crippen LogP contribution in [-0.4, -0.2) is 32.2 Å². The molecule has 6 heteroatoms. The van der Waals surface area contributed by atoms with Gasteiger partial charge < -0.3 is 4.90 Å². The molecule has 0 unspecified atom stereocenters. The van der Waals surface area contributed by atoms with Crippen LogP contribution < -0.4 is 4.90 Å². The lowest BCUT2D eigenvalue weighted by Crippen LogP contribution is -2.38. The van der Waals surface area contributed by atoms with Crippen LogP contribution in [0.5, 0.6) is 0 Å². The fourth-order valence-corrected chi connectivity index (χ4v) is 2.70. The molecule has 0 saturated heterocycles. The Morgan fingerprint density at radius 2 is 2.00 bits per heavy atom. The van der Waals surface area contributed by atoms with Crippen molar-refractivity contribution >= 4 is 23.2 Å². The van der Waals surface area contributed by atoms with Crippen LogP contribution in [0.15, 0.2) is 12.4 Å². The highest BCUT2D eigenvalue weighted by atomic mass is 35.5. The quantitative estimate of drug-likeness (QED) is 0.766. The van der Waals surface area contributed by atoms with Crippen molar-refractivity contribution < 1.29 is 0 Å². The molecule has 0 amide bonds. The Morgan fingerprint density at radius 3 is 2.60 bits per heavy atom. The standard InChI is InChI=1S/C14H22ClN5/c1-5-11(6-2)19(8-10(3)4)13-7-12(15)18-14-16-9-17-20(13)14/h7,9-11H,5-6,8H2,1-4H3. The van der Waals surface area contributed by atoms with Crippen molar-refractivity contribution in [3.05, 3.63) is 17.5 Å². The van der Waals surface area contributed by atoms with E-state index in [1.54, 1.807) is 4.52 Å². The van der Waals surface area contributed by atoms with E-state index in [-0.39, 0.29) is 0 Å². The number of fused-ring (bicyclic) bond motifs is 1. The predicted octanol–water partition coefficient (Wildman–Crippen LogP) is 3.43. The lowest BCUT2D eigenvalue weighted by Gasteiger charge is -2.33. The van der Waals surface area contributed by atoms with Crippen molar-refractivity contribution in [1.29, 1.82) is 0 Å². The predicted molar refractivity (Wildman–Crippen MR) is 82.3 cm³/mol. The summed E-state index contributed by atoms with van der Waals surface area (Å²) >= 11 is 6.13. The summed E-state index contributed by atoms with van der Waals surface area (Å²) in [5.74, 6) is 2.08. The molecule has 5 nitrogen and oxygen atoms in total. The first-order valence-electron chi connectivity index (χ1n) is 7.19. The summed E-state index contributed by atoms with van der Waals surface area (Å²) < 4.78 is 1.77. The first-order chi connectivity index (χ1) is 9.56. The van der Waals surface area contributed by atoms with E-state index in [1.807, 2.05) is 6.07 Å². The second-order valence-corrected chi connectivity index (χ2v) is 5.81. The molecule has 0 atom stereocenters. The van der Waals surface area contributed by atoms with Gasteiger partial charge in [0.25, 0.3) is 5.78 Å². The van der Waals surface area contributed by atoms with E-state index in [9.17, 15) is 0 Å². The minimum Gasteiger partial charge on any atom is -0.353 e. The molecule has 0 aromatic carbocycles. The second-order valence-electron chi connectivity index (χ2n) is 5.43. The zero-order chi connectivity index (χ0) is 14.7. The van der Waals surface area contributed by atoms with Gasteiger partial charge in [0.2, 0.25) is 0 Å². The number of hydrogen-bond donors (Lipinski definition) is 0. The maximum atomic E-state index is 6.13. The molecule has 0 N–H and O–H groups in total. The minimum atomic E-state index is 0.459. The van der Waals surface area contributed by atoms with Crippen LogP contribution >= 0.6 is 11.6 Å². The van der Waals surface area contributed by atoms with Crippen molar-refractivity contribution in [3.63, 3.8) is 0 Å². The summed E-state index contributed by atoms with van der Waals surface area (Å²) in [7, 11) is 0. The van der Waals surface area contributed by atoms with E-state index in [0.29, 0.717) is 22.9 Å². The molecule has 0 saturated carbocycles. The van der Waals surface area contributed by atoms with E-state index >= 15 is 0 Å². The van der Waals surface area contributed by atoms with Crippen molar-refractivity contribution in [3.8, 4) is 0 Å². The topological polar surface area (TPSA) is 46.3 Å². The van der Waals surface area contributed by atoms with Gasteiger partial charge in [0.15, 0.2) is 0 Å². The molecule has 0 aliphatic heterocycles. The van der Waals surface area contributed by atoms with Gasteiger partial charge >= 0.3 is 0 Å². The number of anilines is 1. The third-order valence-electron chi connectivity index (χ3n) is 3.44. The summed E-state index contributed by atoms with van der Waals surface area (Å²) in [6, 6.07) is 2.34. The fourth-order valence-electron chi connectivity index (χ4n) is 2.53. The smallest absolute Gasteiger partial charge is 0.255 e. The van der Waals surface area contributed by atoms with Crippen molar-refractivity contribution in [2.45, 2.75) is 46.6 Å². The molecule has 2 rings (SSSR count). The Hall–Kier alpha value is -1.36. The molecule has 2 aromatic rings. The fraction of sp³-hybridized carbons (Fsp3) is 0.643. The van der Waals surface area contributed by atoms with Crippen molar-refractivity contribution in [2.24, 2.45) is 5.92 Å². The van der Waals surface area contributed by atoms with Crippen LogP contribution in [0.25, 0.3) is 5.78 Å². The molecule has 0 radical (unpaired) electrons. The molecule has 20 heavy (non-hydrogen) atoms. The van der Waals surface area contributed by atoms with Gasteiger partial charge in [-0.3, -0.25) is 0 Å². The van der Waals surface area contributed by atoms with Gasteiger partial charge in [0, 0.05) is 18.7 Å². The zero-order valence-electron chi connectivity index (χ0n) is 12.5. The molecule has 0 fully saturated rings. The monoisotopic (exact) mass is 295 g/mol. The van der Waals surface area contributed by atoms with Crippen LogP contribution in [0.3, 0.4) is 0 Å². The molecule has 110 valence electrons. The van der Waals surface area contributed by atoms with E-state index in [4.69, 9.17) is 11.6 Å². The lowest BCUT2D eigenvalue weighted by molar-refractivity contribution is 0.499. The van der Waals surface area contributed by atoms with Gasteiger partial charge in [-0.2, -0.15) is 19.6 Å². The van der Waals surface area contributed by atoms with Crippen LogP contribution in [0.2, 0.25) is 5.15 Å². The molecule has 0 bridgehead atoms. The Balaban J connectivity index is 2.51. The maximum absolute atomic E-state index is 6.13. The molecule has 0 aliphatic carbocycles. The third-order valence-corrected chi connectivity index (χ3v) is 3.63. The average Bonchev–Trinajstić information content (AvgIpc) is 2.85. The van der Waals surface area contributed by atoms with Crippen LogP contribution in [0.1, 0.15) is 40.5 Å². The molecule has 0 spiro atoms. The maximum Gasteiger partial charge on any atom is 0.255 e. The van der Waals surface area contributed by atoms with E-state index in [1.165, 1.54) is 6.33 Å². The highest BCUT2D eigenvalue weighted by Gasteiger charge is 2.21. The number of nitrogens with zero attached hydrogens (tertiary/aromatic N) is 5. The number of hydrogen-bond acceptors (Lipinski definition) is 4. The van der Waals surface area contributed by atoms with Gasteiger partial charge in [0.1, 0.15) is 17.3 Å². The van der Waals surface area contributed by atoms with E-state index < -0.39 is 0 Å². The number of aromatic nitrogens is 4. The summed E-state index contributed by atoms with van der Waals surface area (Å²) in [5.41, 5.74) is 0. The summed E-state index contributed by atoms with van der Waals surface area (Å²) in [6.07, 6.45) is 3.68. The number of rotatable bonds is 6. The largest absolute Gasteiger partial charge is 0.353 e. The highest BCUT2D eigenvalue weighted by molar-refractivity contribution is 6.29. The summed E-state index contributed by atoms with van der Waals surface area (Å²) in [5, 5.41) is 4.74. The SMILES string of the molecule is CCC(CC)N(CC(C)C)c1cc(Cl)nc2ncnn12. The van der Waals surface area contributed by atoms with Gasteiger partial charge in [-0.25, -0.2) is 0 Å². The molecule has 2 aromatic heterocycles. The molecule has 0 aliphatic rings. The van der Waals surface area contributed by atoms with Crippen molar-refractivity contribution in [1.82, 2.24) is 19.6 Å². The molecular weight excluding hydrogens is 274 g/mol. The first-order valence-corrected chi connectivity index (χ1v) is 7.57. The molecular formula is C14H22ClN5. The normalized spacial score (nSPS) is 11.8.